The molecule has 0 fully saturated rings. The van der Waals surface area contributed by atoms with Crippen LogP contribution in [0.3, 0.4) is 0 Å². The third-order valence-electron chi connectivity index (χ3n) is 11.9. The first-order chi connectivity index (χ1) is 32.5. The van der Waals surface area contributed by atoms with Crippen molar-refractivity contribution >= 4 is 17.9 Å². The number of unbranched alkanes of at least 4 members (excludes halogenated alkanes) is 27. The Bertz CT molecular complexity index is 1240. The topological polar surface area (TPSA) is 78.9 Å². The number of carbonyl (C=O) groups is 3. The molecule has 1 atom stereocenters. The van der Waals surface area contributed by atoms with Gasteiger partial charge in [0.25, 0.3) is 0 Å². The standard InChI is InChI=1S/C60H104O6/c1-4-7-10-13-16-19-22-24-26-28-30-32-33-35-38-41-44-47-50-53-59(62)65-56-57(55-64-58(61)52-49-46-43-40-37-21-18-15-12-9-6-3)66-60(63)54-51-48-45-42-39-36-34-31-29-27-25-23-20-17-14-11-8-5-2/h7,10,15-16,18-19,24,26,30,32,35,38,57H,4-6,8-9,11-14,17,20-23,25,27-29,31,33-34,36-37,39-56H2,1-3H3/b10-7-,18-15-,19-16-,26-24-,32-30-,38-35-. The van der Waals surface area contributed by atoms with Gasteiger partial charge in [-0.2, -0.15) is 0 Å². The average Bonchev–Trinajstić information content (AvgIpc) is 3.31. The summed E-state index contributed by atoms with van der Waals surface area (Å²) < 4.78 is 16.8. The molecule has 0 rings (SSSR count). The molecule has 0 aromatic rings. The summed E-state index contributed by atoms with van der Waals surface area (Å²) >= 11 is 0. The Hall–Kier alpha value is -3.15. The fraction of sp³-hybridized carbons (Fsp3) is 0.750. The summed E-state index contributed by atoms with van der Waals surface area (Å²) in [6.07, 6.45) is 68.9. The Kier molecular flexibility index (Phi) is 51.9. The zero-order valence-corrected chi connectivity index (χ0v) is 43.4. The summed E-state index contributed by atoms with van der Waals surface area (Å²) in [5, 5.41) is 0. The third-order valence-corrected chi connectivity index (χ3v) is 11.9. The van der Waals surface area contributed by atoms with E-state index in [0.717, 1.165) is 103 Å². The van der Waals surface area contributed by atoms with E-state index in [1.165, 1.54) is 128 Å². The number of rotatable bonds is 50. The summed E-state index contributed by atoms with van der Waals surface area (Å²) in [6.45, 7) is 6.47. The molecule has 0 spiro atoms. The van der Waals surface area contributed by atoms with Crippen molar-refractivity contribution in [1.82, 2.24) is 0 Å². The van der Waals surface area contributed by atoms with Crippen molar-refractivity contribution in [3.63, 3.8) is 0 Å². The molecule has 0 aromatic heterocycles. The average molecular weight is 921 g/mol. The van der Waals surface area contributed by atoms with E-state index in [9.17, 15) is 14.4 Å². The molecule has 0 aliphatic heterocycles. The molecule has 1 unspecified atom stereocenters. The third kappa shape index (κ3) is 51.8. The highest BCUT2D eigenvalue weighted by atomic mass is 16.6. The minimum Gasteiger partial charge on any atom is -0.462 e. The van der Waals surface area contributed by atoms with Crippen LogP contribution in [0.25, 0.3) is 0 Å². The molecule has 0 amide bonds. The van der Waals surface area contributed by atoms with Crippen molar-refractivity contribution < 1.29 is 28.6 Å². The van der Waals surface area contributed by atoms with Crippen molar-refractivity contribution in [2.24, 2.45) is 0 Å². The van der Waals surface area contributed by atoms with Gasteiger partial charge < -0.3 is 14.2 Å². The normalized spacial score (nSPS) is 12.6. The molecule has 0 aromatic carbocycles. The maximum absolute atomic E-state index is 12.8. The molecule has 380 valence electrons. The second-order valence-corrected chi connectivity index (χ2v) is 18.5. The Balaban J connectivity index is 4.39. The van der Waals surface area contributed by atoms with Crippen LogP contribution in [0, 0.1) is 0 Å². The van der Waals surface area contributed by atoms with Crippen molar-refractivity contribution in [2.75, 3.05) is 13.2 Å². The quantitative estimate of drug-likeness (QED) is 0.0262. The number of carbonyl (C=O) groups excluding carboxylic acids is 3. The van der Waals surface area contributed by atoms with E-state index < -0.39 is 6.10 Å². The van der Waals surface area contributed by atoms with Gasteiger partial charge in [0, 0.05) is 19.3 Å². The first kappa shape index (κ1) is 62.8. The van der Waals surface area contributed by atoms with Crippen LogP contribution in [-0.4, -0.2) is 37.2 Å². The van der Waals surface area contributed by atoms with Gasteiger partial charge in [-0.3, -0.25) is 14.4 Å². The summed E-state index contributed by atoms with van der Waals surface area (Å²) in [4.78, 5) is 38.1. The molecule has 0 N–H and O–H groups in total. The van der Waals surface area contributed by atoms with E-state index in [0.29, 0.717) is 19.3 Å². The van der Waals surface area contributed by atoms with Gasteiger partial charge in [-0.05, 0) is 83.5 Å². The Morgan fingerprint density at radius 1 is 0.318 bits per heavy atom. The smallest absolute Gasteiger partial charge is 0.306 e. The van der Waals surface area contributed by atoms with Crippen molar-refractivity contribution in [1.29, 1.82) is 0 Å². The van der Waals surface area contributed by atoms with Crippen LogP contribution in [0.1, 0.15) is 271 Å². The SMILES string of the molecule is CC/C=C\C/C=C\C/C=C\C/C=C\C/C=C\CCCCCC(=O)OCC(COC(=O)CCCCCCC/C=C\CCCC)OC(=O)CCCCCCCCCCCCCCCCCCCC. The number of hydrogen-bond donors (Lipinski definition) is 0. The second-order valence-electron chi connectivity index (χ2n) is 18.5. The molecule has 6 nitrogen and oxygen atoms in total. The van der Waals surface area contributed by atoms with Crippen LogP contribution in [0.2, 0.25) is 0 Å². The van der Waals surface area contributed by atoms with Crippen LogP contribution in [-0.2, 0) is 28.6 Å². The van der Waals surface area contributed by atoms with Crippen molar-refractivity contribution in [3.05, 3.63) is 72.9 Å². The lowest BCUT2D eigenvalue weighted by Gasteiger charge is -2.18. The van der Waals surface area contributed by atoms with Gasteiger partial charge in [0.15, 0.2) is 6.10 Å². The fourth-order valence-corrected chi connectivity index (χ4v) is 7.74. The number of esters is 3. The maximum atomic E-state index is 12.8. The molecule has 0 bridgehead atoms. The van der Waals surface area contributed by atoms with Crippen LogP contribution in [0.5, 0.6) is 0 Å². The van der Waals surface area contributed by atoms with Crippen LogP contribution < -0.4 is 0 Å². The predicted octanol–water partition coefficient (Wildman–Crippen LogP) is 18.6. The largest absolute Gasteiger partial charge is 0.462 e. The van der Waals surface area contributed by atoms with Crippen molar-refractivity contribution in [3.8, 4) is 0 Å². The molecule has 0 aliphatic rings. The molecule has 0 heterocycles. The zero-order valence-electron chi connectivity index (χ0n) is 43.4. The summed E-state index contributed by atoms with van der Waals surface area (Å²) in [7, 11) is 0. The molecule has 66 heavy (non-hydrogen) atoms. The van der Waals surface area contributed by atoms with Crippen molar-refractivity contribution in [2.45, 2.75) is 277 Å². The molecule has 0 aliphatic carbocycles. The highest BCUT2D eigenvalue weighted by molar-refractivity contribution is 5.71. The molecule has 6 heteroatoms. The van der Waals surface area contributed by atoms with E-state index >= 15 is 0 Å². The molecular weight excluding hydrogens is 817 g/mol. The highest BCUT2D eigenvalue weighted by Crippen LogP contribution is 2.16. The Morgan fingerprint density at radius 2 is 0.606 bits per heavy atom. The van der Waals surface area contributed by atoms with Gasteiger partial charge in [-0.15, -0.1) is 0 Å². The van der Waals surface area contributed by atoms with E-state index in [2.05, 4.69) is 93.7 Å². The molecular formula is C60H104O6. The maximum Gasteiger partial charge on any atom is 0.306 e. The van der Waals surface area contributed by atoms with Gasteiger partial charge in [-0.25, -0.2) is 0 Å². The fourth-order valence-electron chi connectivity index (χ4n) is 7.74. The van der Waals surface area contributed by atoms with E-state index in [1.54, 1.807) is 0 Å². The lowest BCUT2D eigenvalue weighted by molar-refractivity contribution is -0.167. The van der Waals surface area contributed by atoms with Crippen LogP contribution in [0.15, 0.2) is 72.9 Å². The van der Waals surface area contributed by atoms with Gasteiger partial charge in [0.2, 0.25) is 0 Å². The van der Waals surface area contributed by atoms with Crippen LogP contribution >= 0.6 is 0 Å². The summed E-state index contributed by atoms with van der Waals surface area (Å²) in [5.41, 5.74) is 0. The molecule has 0 saturated carbocycles. The van der Waals surface area contributed by atoms with Crippen LogP contribution in [0.4, 0.5) is 0 Å². The first-order valence-corrected chi connectivity index (χ1v) is 27.9. The lowest BCUT2D eigenvalue weighted by atomic mass is 10.0. The van der Waals surface area contributed by atoms with E-state index in [1.807, 2.05) is 0 Å². The second kappa shape index (κ2) is 54.5. The zero-order chi connectivity index (χ0) is 47.9. The predicted molar refractivity (Wildman–Crippen MR) is 284 cm³/mol. The minimum absolute atomic E-state index is 0.0887. The summed E-state index contributed by atoms with van der Waals surface area (Å²) in [5.74, 6) is -0.923. The van der Waals surface area contributed by atoms with E-state index in [-0.39, 0.29) is 31.1 Å². The van der Waals surface area contributed by atoms with E-state index in [4.69, 9.17) is 14.2 Å². The van der Waals surface area contributed by atoms with Gasteiger partial charge in [0.05, 0.1) is 0 Å². The summed E-state index contributed by atoms with van der Waals surface area (Å²) in [6, 6.07) is 0. The Labute approximate surface area is 408 Å². The lowest BCUT2D eigenvalue weighted by Crippen LogP contribution is -2.30. The van der Waals surface area contributed by atoms with Gasteiger partial charge in [0.1, 0.15) is 13.2 Å². The molecule has 0 saturated heterocycles. The monoisotopic (exact) mass is 921 g/mol. The van der Waals surface area contributed by atoms with Gasteiger partial charge >= 0.3 is 17.9 Å². The minimum atomic E-state index is -0.790. The Morgan fingerprint density at radius 3 is 1.00 bits per heavy atom. The first-order valence-electron chi connectivity index (χ1n) is 27.9. The number of hydrogen-bond acceptors (Lipinski definition) is 6. The highest BCUT2D eigenvalue weighted by Gasteiger charge is 2.19. The molecule has 0 radical (unpaired) electrons. The number of allylic oxidation sites excluding steroid dienone is 12. The van der Waals surface area contributed by atoms with Gasteiger partial charge in [-0.1, -0.05) is 241 Å². The number of ether oxygens (including phenoxy) is 3.